The zero-order chi connectivity index (χ0) is 26.2. The molecule has 3 amide bonds. The van der Waals surface area contributed by atoms with Gasteiger partial charge in [0.2, 0.25) is 11.8 Å². The van der Waals surface area contributed by atoms with E-state index in [1.54, 1.807) is 37.8 Å². The molecule has 1 aliphatic rings. The van der Waals surface area contributed by atoms with Gasteiger partial charge in [-0.1, -0.05) is 57.7 Å². The van der Waals surface area contributed by atoms with E-state index in [0.29, 0.717) is 17.7 Å². The van der Waals surface area contributed by atoms with E-state index in [-0.39, 0.29) is 23.8 Å². The summed E-state index contributed by atoms with van der Waals surface area (Å²) in [6, 6.07) is 5.40. The van der Waals surface area contributed by atoms with Crippen LogP contribution in [0.2, 0.25) is 0 Å². The van der Waals surface area contributed by atoms with Crippen molar-refractivity contribution in [1.29, 1.82) is 0 Å². The molecule has 7 heteroatoms. The van der Waals surface area contributed by atoms with Gasteiger partial charge in [-0.3, -0.25) is 9.59 Å². The molecule has 192 valence electrons. The topological polar surface area (TPSA) is 87.7 Å². The van der Waals surface area contributed by atoms with Crippen LogP contribution < -0.4 is 10.6 Å². The van der Waals surface area contributed by atoms with Gasteiger partial charge in [0.25, 0.3) is 0 Å². The number of terminal acetylenes is 1. The molecule has 1 aliphatic carbocycles. The lowest BCUT2D eigenvalue weighted by molar-refractivity contribution is -0.144. The highest BCUT2D eigenvalue weighted by molar-refractivity contribution is 5.93. The molecule has 0 saturated heterocycles. The van der Waals surface area contributed by atoms with Crippen molar-refractivity contribution in [3.8, 4) is 12.3 Å². The minimum absolute atomic E-state index is 0.0959. The molecule has 0 radical (unpaired) electrons. The highest BCUT2D eigenvalue weighted by Crippen LogP contribution is 2.37. The number of alkyl carbamates (subject to hydrolysis) is 1. The normalized spacial score (nSPS) is 15.0. The lowest BCUT2D eigenvalue weighted by atomic mass is 9.95. The first-order valence-electron chi connectivity index (χ1n) is 12.6. The molecule has 0 bridgehead atoms. The van der Waals surface area contributed by atoms with Crippen molar-refractivity contribution in [2.45, 2.75) is 97.4 Å². The number of unbranched alkanes of at least 4 members (excludes halogenated alkanes) is 2. The molecule has 7 nitrogen and oxygen atoms in total. The lowest BCUT2D eigenvalue weighted by Crippen LogP contribution is -2.55. The lowest BCUT2D eigenvalue weighted by Gasteiger charge is -2.36. The Hall–Kier alpha value is -3.01. The van der Waals surface area contributed by atoms with Gasteiger partial charge in [-0.05, 0) is 57.6 Å². The van der Waals surface area contributed by atoms with Crippen LogP contribution in [0, 0.1) is 18.3 Å². The number of rotatable bonds is 11. The second kappa shape index (κ2) is 12.6. The van der Waals surface area contributed by atoms with Crippen LogP contribution in [0.1, 0.15) is 90.8 Å². The van der Waals surface area contributed by atoms with Crippen LogP contribution >= 0.6 is 0 Å². The Labute approximate surface area is 210 Å². The molecular formula is C28H41N3O4. The first-order chi connectivity index (χ1) is 16.5. The third-order valence-corrected chi connectivity index (χ3v) is 5.82. The first-order valence-corrected chi connectivity index (χ1v) is 12.6. The second-order valence-corrected chi connectivity index (χ2v) is 10.5. The SMILES string of the molecule is C#Cc1ccccc1C(C(=O)NCCCCC)N(C(=O)C(NC(=O)OC(C)(C)C)C(C)C)C1CC1. The molecule has 0 aliphatic heterocycles. The number of nitrogens with one attached hydrogen (secondary N) is 2. The molecule has 0 spiro atoms. The van der Waals surface area contributed by atoms with Gasteiger partial charge < -0.3 is 20.3 Å². The fourth-order valence-corrected chi connectivity index (χ4v) is 3.95. The van der Waals surface area contributed by atoms with E-state index in [1.807, 2.05) is 26.0 Å². The number of carbonyl (C=O) groups excluding carboxylic acids is 3. The molecule has 2 rings (SSSR count). The quantitative estimate of drug-likeness (QED) is 0.357. The van der Waals surface area contributed by atoms with Crippen molar-refractivity contribution >= 4 is 17.9 Å². The number of hydrogen-bond donors (Lipinski definition) is 2. The fourth-order valence-electron chi connectivity index (χ4n) is 3.95. The van der Waals surface area contributed by atoms with E-state index in [0.717, 1.165) is 32.1 Å². The largest absolute Gasteiger partial charge is 0.444 e. The summed E-state index contributed by atoms with van der Waals surface area (Å²) in [6.45, 7) is 11.7. The van der Waals surface area contributed by atoms with Crippen molar-refractivity contribution in [2.75, 3.05) is 6.54 Å². The first kappa shape index (κ1) is 28.2. The third kappa shape index (κ3) is 8.31. The number of amides is 3. The van der Waals surface area contributed by atoms with Crippen molar-refractivity contribution in [1.82, 2.24) is 15.5 Å². The van der Waals surface area contributed by atoms with Crippen LogP contribution in [0.4, 0.5) is 4.79 Å². The van der Waals surface area contributed by atoms with E-state index in [1.165, 1.54) is 0 Å². The van der Waals surface area contributed by atoms with Crippen LogP contribution in [0.15, 0.2) is 24.3 Å². The molecule has 0 heterocycles. The van der Waals surface area contributed by atoms with E-state index in [9.17, 15) is 14.4 Å². The number of ether oxygens (including phenoxy) is 1. The van der Waals surface area contributed by atoms with Gasteiger partial charge in [0.05, 0.1) is 0 Å². The predicted molar refractivity (Wildman–Crippen MR) is 138 cm³/mol. The number of nitrogens with zero attached hydrogens (tertiary/aromatic N) is 1. The van der Waals surface area contributed by atoms with Crippen LogP contribution in [0.3, 0.4) is 0 Å². The van der Waals surface area contributed by atoms with E-state index in [2.05, 4.69) is 23.5 Å². The maximum absolute atomic E-state index is 14.0. The molecule has 2 unspecified atom stereocenters. The monoisotopic (exact) mass is 483 g/mol. The summed E-state index contributed by atoms with van der Waals surface area (Å²) in [4.78, 5) is 41.7. The molecule has 2 N–H and O–H groups in total. The molecular weight excluding hydrogens is 442 g/mol. The minimum atomic E-state index is -0.884. The van der Waals surface area contributed by atoms with Crippen LogP contribution in [-0.4, -0.2) is 47.0 Å². The number of hydrogen-bond acceptors (Lipinski definition) is 4. The number of benzene rings is 1. The molecule has 2 atom stereocenters. The summed E-state index contributed by atoms with van der Waals surface area (Å²) in [5, 5.41) is 5.76. The van der Waals surface area contributed by atoms with E-state index in [4.69, 9.17) is 11.2 Å². The molecule has 1 saturated carbocycles. The molecule has 1 aromatic carbocycles. The fraction of sp³-hybridized carbons (Fsp3) is 0.607. The Morgan fingerprint density at radius 3 is 2.37 bits per heavy atom. The van der Waals surface area contributed by atoms with Gasteiger partial charge >= 0.3 is 6.09 Å². The summed E-state index contributed by atoms with van der Waals surface area (Å²) in [7, 11) is 0. The minimum Gasteiger partial charge on any atom is -0.444 e. The summed E-state index contributed by atoms with van der Waals surface area (Å²) in [6.07, 6.45) is 9.60. The average Bonchev–Trinajstić information content (AvgIpc) is 3.61. The van der Waals surface area contributed by atoms with Crippen LogP contribution in [0.25, 0.3) is 0 Å². The van der Waals surface area contributed by atoms with Crippen molar-refractivity contribution in [3.05, 3.63) is 35.4 Å². The highest BCUT2D eigenvalue weighted by Gasteiger charge is 2.45. The van der Waals surface area contributed by atoms with Gasteiger partial charge in [0, 0.05) is 18.2 Å². The Morgan fingerprint density at radius 1 is 1.17 bits per heavy atom. The van der Waals surface area contributed by atoms with Crippen LogP contribution in [0.5, 0.6) is 0 Å². The standard InChI is InChI=1S/C28H41N3O4/c1-8-10-13-18-29-25(32)24(22-15-12-11-14-20(22)9-2)31(21-16-17-21)26(33)23(19(3)4)30-27(34)35-28(5,6)7/h2,11-12,14-15,19,21,23-24H,8,10,13,16-18H2,1,3-7H3,(H,29,32)(H,30,34). The second-order valence-electron chi connectivity index (χ2n) is 10.5. The van der Waals surface area contributed by atoms with Crippen LogP contribution in [-0.2, 0) is 14.3 Å². The smallest absolute Gasteiger partial charge is 0.408 e. The van der Waals surface area contributed by atoms with Gasteiger partial charge in [-0.2, -0.15) is 0 Å². The van der Waals surface area contributed by atoms with Gasteiger partial charge in [0.15, 0.2) is 0 Å². The zero-order valence-corrected chi connectivity index (χ0v) is 22.0. The van der Waals surface area contributed by atoms with Crippen molar-refractivity contribution in [2.24, 2.45) is 5.92 Å². The summed E-state index contributed by atoms with van der Waals surface area (Å²) < 4.78 is 5.40. The molecule has 1 aromatic rings. The van der Waals surface area contributed by atoms with Gasteiger partial charge in [-0.25, -0.2) is 4.79 Å². The van der Waals surface area contributed by atoms with Crippen molar-refractivity contribution in [3.63, 3.8) is 0 Å². The average molecular weight is 484 g/mol. The van der Waals surface area contributed by atoms with Gasteiger partial charge in [-0.15, -0.1) is 6.42 Å². The maximum atomic E-state index is 14.0. The van der Waals surface area contributed by atoms with Gasteiger partial charge in [0.1, 0.15) is 17.7 Å². The Bertz CT molecular complexity index is 925. The Kier molecular flexibility index (Phi) is 10.2. The Balaban J connectivity index is 2.43. The maximum Gasteiger partial charge on any atom is 0.408 e. The third-order valence-electron chi connectivity index (χ3n) is 5.82. The van der Waals surface area contributed by atoms with E-state index >= 15 is 0 Å². The zero-order valence-electron chi connectivity index (χ0n) is 22.0. The molecule has 0 aromatic heterocycles. The summed E-state index contributed by atoms with van der Waals surface area (Å²) >= 11 is 0. The van der Waals surface area contributed by atoms with E-state index < -0.39 is 23.8 Å². The summed E-state index contributed by atoms with van der Waals surface area (Å²) in [5.41, 5.74) is 0.487. The molecule has 1 fully saturated rings. The predicted octanol–water partition coefficient (Wildman–Crippen LogP) is 4.56. The summed E-state index contributed by atoms with van der Waals surface area (Å²) in [5.74, 6) is 1.88. The highest BCUT2D eigenvalue weighted by atomic mass is 16.6. The van der Waals surface area contributed by atoms with Crippen molar-refractivity contribution < 1.29 is 19.1 Å². The Morgan fingerprint density at radius 2 is 1.83 bits per heavy atom. The molecule has 35 heavy (non-hydrogen) atoms. The number of carbonyl (C=O) groups is 3.